The Labute approximate surface area is 110 Å². The van der Waals surface area contributed by atoms with Gasteiger partial charge in [0.25, 0.3) is 0 Å². The van der Waals surface area contributed by atoms with E-state index in [1.807, 2.05) is 11.8 Å². The second-order valence-corrected chi connectivity index (χ2v) is 5.43. The second-order valence-electron chi connectivity index (χ2n) is 4.52. The van der Waals surface area contributed by atoms with Crippen LogP contribution in [0.25, 0.3) is 0 Å². The number of nitrogens with two attached hydrogens (primary N) is 1. The van der Waals surface area contributed by atoms with Gasteiger partial charge in [-0.15, -0.1) is 0 Å². The fourth-order valence-corrected chi connectivity index (χ4v) is 2.51. The minimum Gasteiger partial charge on any atom is -0.371 e. The highest BCUT2D eigenvalue weighted by atomic mass is 32.2. The average molecular weight is 252 g/mol. The van der Waals surface area contributed by atoms with Crippen molar-refractivity contribution in [1.82, 2.24) is 0 Å². The van der Waals surface area contributed by atoms with E-state index >= 15 is 0 Å². The van der Waals surface area contributed by atoms with Crippen molar-refractivity contribution >= 4 is 17.4 Å². The van der Waals surface area contributed by atoms with Gasteiger partial charge in [-0.25, -0.2) is 0 Å². The van der Waals surface area contributed by atoms with Crippen LogP contribution in [0.3, 0.4) is 0 Å². The van der Waals surface area contributed by atoms with Crippen LogP contribution in [0.5, 0.6) is 0 Å². The Morgan fingerprint density at radius 2 is 1.88 bits per heavy atom. The van der Waals surface area contributed by atoms with E-state index in [2.05, 4.69) is 56.3 Å². The predicted molar refractivity (Wildman–Crippen MR) is 79.9 cm³/mol. The predicted octanol–water partition coefficient (Wildman–Crippen LogP) is 3.28. The quantitative estimate of drug-likeness (QED) is 0.842. The summed E-state index contributed by atoms with van der Waals surface area (Å²) in [5, 5.41) is 0. The maximum atomic E-state index is 6.01. The summed E-state index contributed by atoms with van der Waals surface area (Å²) >= 11 is 1.88. The van der Waals surface area contributed by atoms with E-state index in [0.29, 0.717) is 6.04 Å². The SMILES string of the molecule is CCC(N)c1ccc(N(C)C(C)CSC)cc1. The van der Waals surface area contributed by atoms with Crippen LogP contribution in [0, 0.1) is 0 Å². The first-order chi connectivity index (χ1) is 8.10. The fraction of sp³-hybridized carbons (Fsp3) is 0.571. The molecule has 2 atom stereocenters. The van der Waals surface area contributed by atoms with E-state index in [1.54, 1.807) is 0 Å². The molecule has 0 aliphatic heterocycles. The molecule has 2 N–H and O–H groups in total. The van der Waals surface area contributed by atoms with Gasteiger partial charge in [-0.3, -0.25) is 0 Å². The van der Waals surface area contributed by atoms with Crippen molar-refractivity contribution < 1.29 is 0 Å². The van der Waals surface area contributed by atoms with E-state index in [4.69, 9.17) is 5.73 Å². The highest BCUT2D eigenvalue weighted by Crippen LogP contribution is 2.21. The van der Waals surface area contributed by atoms with Gasteiger partial charge >= 0.3 is 0 Å². The number of anilines is 1. The van der Waals surface area contributed by atoms with Crippen molar-refractivity contribution in [1.29, 1.82) is 0 Å². The highest BCUT2D eigenvalue weighted by molar-refractivity contribution is 7.98. The largest absolute Gasteiger partial charge is 0.371 e. The van der Waals surface area contributed by atoms with E-state index in [9.17, 15) is 0 Å². The Bertz CT molecular complexity index is 323. The Morgan fingerprint density at radius 1 is 1.29 bits per heavy atom. The molecule has 0 spiro atoms. The molecule has 0 aromatic heterocycles. The summed E-state index contributed by atoms with van der Waals surface area (Å²) in [5.41, 5.74) is 8.50. The van der Waals surface area contributed by atoms with Crippen molar-refractivity contribution in [2.75, 3.05) is 24.0 Å². The standard InChI is InChI=1S/C14H24N2S/c1-5-14(15)12-6-8-13(9-7-12)16(3)11(2)10-17-4/h6-9,11,14H,5,10,15H2,1-4H3. The highest BCUT2D eigenvalue weighted by Gasteiger charge is 2.10. The number of hydrogen-bond donors (Lipinski definition) is 1. The first kappa shape index (κ1) is 14.4. The average Bonchev–Trinajstić information content (AvgIpc) is 2.37. The number of rotatable bonds is 6. The zero-order valence-electron chi connectivity index (χ0n) is 11.3. The summed E-state index contributed by atoms with van der Waals surface area (Å²) in [6, 6.07) is 9.34. The van der Waals surface area contributed by atoms with Crippen molar-refractivity contribution in [3.63, 3.8) is 0 Å². The minimum atomic E-state index is 0.165. The Hall–Kier alpha value is -0.670. The molecule has 3 heteroatoms. The van der Waals surface area contributed by atoms with Gasteiger partial charge in [-0.1, -0.05) is 19.1 Å². The molecule has 0 heterocycles. The van der Waals surface area contributed by atoms with Crippen molar-refractivity contribution in [2.45, 2.75) is 32.4 Å². The molecule has 0 saturated heterocycles. The Kier molecular flexibility index (Phi) is 5.86. The lowest BCUT2D eigenvalue weighted by molar-refractivity contribution is 0.698. The summed E-state index contributed by atoms with van der Waals surface area (Å²) < 4.78 is 0. The lowest BCUT2D eigenvalue weighted by Crippen LogP contribution is -2.30. The molecule has 0 aliphatic rings. The van der Waals surface area contributed by atoms with Gasteiger partial charge < -0.3 is 10.6 Å². The fourth-order valence-electron chi connectivity index (χ4n) is 1.80. The lowest BCUT2D eigenvalue weighted by atomic mass is 10.0. The van der Waals surface area contributed by atoms with Crippen LogP contribution in [0.2, 0.25) is 0 Å². The summed E-state index contributed by atoms with van der Waals surface area (Å²) in [7, 11) is 2.15. The summed E-state index contributed by atoms with van der Waals surface area (Å²) in [5.74, 6) is 1.15. The molecule has 1 rings (SSSR count). The topological polar surface area (TPSA) is 29.3 Å². The minimum absolute atomic E-state index is 0.165. The third-order valence-electron chi connectivity index (χ3n) is 3.24. The molecule has 0 saturated carbocycles. The first-order valence-corrected chi connectivity index (χ1v) is 7.56. The van der Waals surface area contributed by atoms with Crippen molar-refractivity contribution in [3.8, 4) is 0 Å². The molecule has 0 bridgehead atoms. The molecule has 0 radical (unpaired) electrons. The lowest BCUT2D eigenvalue weighted by Gasteiger charge is -2.27. The number of benzene rings is 1. The van der Waals surface area contributed by atoms with Gasteiger partial charge in [0.15, 0.2) is 0 Å². The van der Waals surface area contributed by atoms with Crippen LogP contribution >= 0.6 is 11.8 Å². The molecule has 2 nitrogen and oxygen atoms in total. The molecule has 1 aromatic rings. The molecule has 0 amide bonds. The van der Waals surface area contributed by atoms with E-state index in [0.717, 1.165) is 12.2 Å². The van der Waals surface area contributed by atoms with Crippen molar-refractivity contribution in [2.24, 2.45) is 5.73 Å². The summed E-state index contributed by atoms with van der Waals surface area (Å²) in [4.78, 5) is 2.32. The maximum Gasteiger partial charge on any atom is 0.0366 e. The maximum absolute atomic E-state index is 6.01. The zero-order valence-corrected chi connectivity index (χ0v) is 12.1. The second kappa shape index (κ2) is 6.92. The zero-order chi connectivity index (χ0) is 12.8. The molecular weight excluding hydrogens is 228 g/mol. The van der Waals surface area contributed by atoms with Crippen LogP contribution in [0.1, 0.15) is 31.9 Å². The molecule has 96 valence electrons. The third-order valence-corrected chi connectivity index (χ3v) is 4.05. The van der Waals surface area contributed by atoms with Gasteiger partial charge in [0, 0.05) is 30.6 Å². The van der Waals surface area contributed by atoms with Crippen LogP contribution in [-0.2, 0) is 0 Å². The smallest absolute Gasteiger partial charge is 0.0366 e. The molecule has 2 unspecified atom stereocenters. The van der Waals surface area contributed by atoms with Gasteiger partial charge in [0.05, 0.1) is 0 Å². The molecular formula is C14H24N2S. The van der Waals surface area contributed by atoms with Gasteiger partial charge in [0.1, 0.15) is 0 Å². The van der Waals surface area contributed by atoms with Gasteiger partial charge in [-0.05, 0) is 37.3 Å². The van der Waals surface area contributed by atoms with E-state index in [1.165, 1.54) is 11.3 Å². The summed E-state index contributed by atoms with van der Waals surface area (Å²) in [6.45, 7) is 4.37. The molecule has 0 aliphatic carbocycles. The molecule has 17 heavy (non-hydrogen) atoms. The summed E-state index contributed by atoms with van der Waals surface area (Å²) in [6.07, 6.45) is 3.13. The first-order valence-electron chi connectivity index (χ1n) is 6.17. The van der Waals surface area contributed by atoms with Gasteiger partial charge in [0.2, 0.25) is 0 Å². The third kappa shape index (κ3) is 3.93. The molecule has 0 fully saturated rings. The van der Waals surface area contributed by atoms with Crippen LogP contribution in [0.15, 0.2) is 24.3 Å². The Morgan fingerprint density at radius 3 is 2.35 bits per heavy atom. The van der Waals surface area contributed by atoms with E-state index < -0.39 is 0 Å². The number of thioether (sulfide) groups is 1. The van der Waals surface area contributed by atoms with Crippen LogP contribution < -0.4 is 10.6 Å². The Balaban J connectivity index is 2.73. The monoisotopic (exact) mass is 252 g/mol. The van der Waals surface area contributed by atoms with Crippen LogP contribution in [0.4, 0.5) is 5.69 Å². The number of hydrogen-bond acceptors (Lipinski definition) is 3. The van der Waals surface area contributed by atoms with Crippen molar-refractivity contribution in [3.05, 3.63) is 29.8 Å². The van der Waals surface area contributed by atoms with E-state index in [-0.39, 0.29) is 6.04 Å². The normalized spacial score (nSPS) is 14.4. The van der Waals surface area contributed by atoms with Gasteiger partial charge in [-0.2, -0.15) is 11.8 Å². The number of nitrogens with zero attached hydrogens (tertiary/aromatic N) is 1. The molecule has 1 aromatic carbocycles. The van der Waals surface area contributed by atoms with Crippen LogP contribution in [-0.4, -0.2) is 25.1 Å².